The predicted octanol–water partition coefficient (Wildman–Crippen LogP) is 4.00. The van der Waals surface area contributed by atoms with Crippen LogP contribution in [0.3, 0.4) is 0 Å². The summed E-state index contributed by atoms with van der Waals surface area (Å²) in [6.45, 7) is 0.316. The highest BCUT2D eigenvalue weighted by atomic mass is 32.2. The normalized spacial score (nSPS) is 22.1. The smallest absolute Gasteiger partial charge is 0.255 e. The molecule has 1 aliphatic carbocycles. The Morgan fingerprint density at radius 3 is 2.70 bits per heavy atom. The van der Waals surface area contributed by atoms with Gasteiger partial charge >= 0.3 is 0 Å². The summed E-state index contributed by atoms with van der Waals surface area (Å²) in [5, 5.41) is 2.88. The quantitative estimate of drug-likeness (QED) is 0.784. The third-order valence-electron chi connectivity index (χ3n) is 5.87. The van der Waals surface area contributed by atoms with E-state index in [1.165, 1.54) is 24.6 Å². The lowest BCUT2D eigenvalue weighted by molar-refractivity contribution is -0.125. The third kappa shape index (κ3) is 4.67. The largest absolute Gasteiger partial charge is 0.349 e. The zero-order valence-electron chi connectivity index (χ0n) is 16.8. The van der Waals surface area contributed by atoms with Crippen LogP contribution in [-0.2, 0) is 11.3 Å². The number of rotatable bonds is 5. The summed E-state index contributed by atoms with van der Waals surface area (Å²) in [5.74, 6) is 0.0215. The van der Waals surface area contributed by atoms with Crippen molar-refractivity contribution < 1.29 is 14.0 Å². The van der Waals surface area contributed by atoms with Crippen molar-refractivity contribution in [2.24, 2.45) is 5.92 Å². The summed E-state index contributed by atoms with van der Waals surface area (Å²) in [6, 6.07) is 10.7. The van der Waals surface area contributed by atoms with Gasteiger partial charge in [0, 0.05) is 17.5 Å². The molecule has 0 bridgehead atoms. The van der Waals surface area contributed by atoms with Crippen LogP contribution >= 0.6 is 11.8 Å². The van der Waals surface area contributed by atoms with Crippen molar-refractivity contribution >= 4 is 23.6 Å². The number of pyridine rings is 1. The van der Waals surface area contributed by atoms with Crippen molar-refractivity contribution in [3.05, 3.63) is 65.7 Å². The van der Waals surface area contributed by atoms with Crippen molar-refractivity contribution in [3.63, 3.8) is 0 Å². The van der Waals surface area contributed by atoms with E-state index >= 15 is 0 Å². The molecule has 7 heteroatoms. The minimum absolute atomic E-state index is 0.0494. The lowest BCUT2D eigenvalue weighted by Crippen LogP contribution is -2.51. The molecular formula is C23H26FN3O2S. The Labute approximate surface area is 180 Å². The summed E-state index contributed by atoms with van der Waals surface area (Å²) < 4.78 is 13.8. The topological polar surface area (TPSA) is 62.3 Å². The van der Waals surface area contributed by atoms with Gasteiger partial charge in [0.25, 0.3) is 5.91 Å². The average Bonchev–Trinajstić information content (AvgIpc) is 3.23. The summed E-state index contributed by atoms with van der Waals surface area (Å²) >= 11 is 1.68. The molecule has 30 heavy (non-hydrogen) atoms. The molecule has 0 spiro atoms. The zero-order valence-corrected chi connectivity index (χ0v) is 17.6. The fraction of sp³-hybridized carbons (Fsp3) is 0.435. The molecule has 2 atom stereocenters. The lowest BCUT2D eigenvalue weighted by atomic mass is 9.88. The number of hydrogen-bond donors (Lipinski definition) is 1. The summed E-state index contributed by atoms with van der Waals surface area (Å²) in [6.07, 6.45) is 7.34. The monoisotopic (exact) mass is 427 g/mol. The average molecular weight is 428 g/mol. The van der Waals surface area contributed by atoms with Crippen LogP contribution in [0.2, 0.25) is 0 Å². The van der Waals surface area contributed by atoms with Gasteiger partial charge in [-0.05, 0) is 49.1 Å². The Morgan fingerprint density at radius 1 is 1.13 bits per heavy atom. The molecule has 158 valence electrons. The van der Waals surface area contributed by atoms with Crippen LogP contribution in [-0.4, -0.2) is 38.9 Å². The van der Waals surface area contributed by atoms with E-state index in [0.717, 1.165) is 31.4 Å². The molecule has 1 aromatic heterocycles. The Kier molecular flexibility index (Phi) is 6.67. The first-order valence-corrected chi connectivity index (χ1v) is 11.6. The fourth-order valence-electron chi connectivity index (χ4n) is 4.34. The second kappa shape index (κ2) is 9.60. The summed E-state index contributed by atoms with van der Waals surface area (Å²) in [7, 11) is 0. The van der Waals surface area contributed by atoms with Crippen LogP contribution in [0.5, 0.6) is 0 Å². The second-order valence-electron chi connectivity index (χ2n) is 7.90. The summed E-state index contributed by atoms with van der Waals surface area (Å²) in [5.41, 5.74) is 1.06. The SMILES string of the molecule is O=C(NCc1ccccn1)C1CSC(C2CCCCC2)N1C(=O)c1cccc(F)c1. The molecule has 2 unspecified atom stereocenters. The van der Waals surface area contributed by atoms with Crippen molar-refractivity contribution in [1.82, 2.24) is 15.2 Å². The zero-order chi connectivity index (χ0) is 20.9. The number of thioether (sulfide) groups is 1. The minimum atomic E-state index is -0.568. The highest BCUT2D eigenvalue weighted by molar-refractivity contribution is 8.00. The van der Waals surface area contributed by atoms with Gasteiger partial charge in [-0.1, -0.05) is 31.4 Å². The predicted molar refractivity (Wildman–Crippen MR) is 115 cm³/mol. The first-order valence-electron chi connectivity index (χ1n) is 10.5. The van der Waals surface area contributed by atoms with Crippen molar-refractivity contribution in [2.45, 2.75) is 50.1 Å². The van der Waals surface area contributed by atoms with Crippen LogP contribution in [0.15, 0.2) is 48.7 Å². The fourth-order valence-corrected chi connectivity index (χ4v) is 5.98. The van der Waals surface area contributed by atoms with Crippen LogP contribution in [0.4, 0.5) is 4.39 Å². The number of carbonyl (C=O) groups is 2. The van der Waals surface area contributed by atoms with Crippen molar-refractivity contribution in [1.29, 1.82) is 0 Å². The van der Waals surface area contributed by atoms with Gasteiger partial charge in [0.05, 0.1) is 17.6 Å². The van der Waals surface area contributed by atoms with Crippen LogP contribution < -0.4 is 5.32 Å². The number of halogens is 1. The highest BCUT2D eigenvalue weighted by Gasteiger charge is 2.45. The van der Waals surface area contributed by atoms with E-state index < -0.39 is 11.9 Å². The molecule has 1 N–H and O–H groups in total. The number of benzene rings is 1. The maximum absolute atomic E-state index is 13.8. The number of hydrogen-bond acceptors (Lipinski definition) is 4. The Hall–Kier alpha value is -2.41. The molecule has 2 heterocycles. The van der Waals surface area contributed by atoms with E-state index in [9.17, 15) is 14.0 Å². The van der Waals surface area contributed by atoms with Gasteiger partial charge in [-0.2, -0.15) is 0 Å². The van der Waals surface area contributed by atoms with E-state index in [2.05, 4.69) is 10.3 Å². The molecule has 1 aliphatic heterocycles. The molecule has 1 saturated carbocycles. The van der Waals surface area contributed by atoms with Gasteiger partial charge in [0.15, 0.2) is 0 Å². The Balaban J connectivity index is 1.54. The molecule has 5 nitrogen and oxygen atoms in total. The maximum atomic E-state index is 13.8. The number of amides is 2. The molecule has 1 saturated heterocycles. The number of aromatic nitrogens is 1. The van der Waals surface area contributed by atoms with Crippen LogP contribution in [0.25, 0.3) is 0 Å². The van der Waals surface area contributed by atoms with Crippen molar-refractivity contribution in [2.75, 3.05) is 5.75 Å². The van der Waals surface area contributed by atoms with Gasteiger partial charge in [0.1, 0.15) is 11.9 Å². The minimum Gasteiger partial charge on any atom is -0.349 e. The Morgan fingerprint density at radius 2 is 1.97 bits per heavy atom. The first kappa shape index (κ1) is 20.8. The van der Waals surface area contributed by atoms with Gasteiger partial charge in [0.2, 0.25) is 5.91 Å². The molecular weight excluding hydrogens is 401 g/mol. The van der Waals surface area contributed by atoms with E-state index in [-0.39, 0.29) is 17.2 Å². The lowest BCUT2D eigenvalue weighted by Gasteiger charge is -2.35. The van der Waals surface area contributed by atoms with Crippen LogP contribution in [0.1, 0.15) is 48.2 Å². The number of nitrogens with one attached hydrogen (secondary N) is 1. The molecule has 2 fully saturated rings. The molecule has 2 aromatic rings. The van der Waals surface area contributed by atoms with E-state index in [4.69, 9.17) is 0 Å². The third-order valence-corrected chi connectivity index (χ3v) is 7.33. The first-order chi connectivity index (χ1) is 14.6. The van der Waals surface area contributed by atoms with Gasteiger partial charge in [-0.15, -0.1) is 11.8 Å². The maximum Gasteiger partial charge on any atom is 0.255 e. The van der Waals surface area contributed by atoms with Crippen LogP contribution in [0, 0.1) is 11.7 Å². The standard InChI is InChI=1S/C23H26FN3O2S/c24-18-10-6-9-17(13-18)22(29)27-20(15-30-23(27)16-7-2-1-3-8-16)21(28)26-14-19-11-4-5-12-25-19/h4-6,9-13,16,20,23H,1-3,7-8,14-15H2,(H,26,28). The molecule has 2 amide bonds. The van der Waals surface area contributed by atoms with Gasteiger partial charge in [-0.3, -0.25) is 14.6 Å². The molecule has 0 radical (unpaired) electrons. The molecule has 1 aromatic carbocycles. The van der Waals surface area contributed by atoms with Gasteiger partial charge in [-0.25, -0.2) is 4.39 Å². The number of nitrogens with zero attached hydrogens (tertiary/aromatic N) is 2. The van der Waals surface area contributed by atoms with Crippen molar-refractivity contribution in [3.8, 4) is 0 Å². The Bertz CT molecular complexity index is 889. The summed E-state index contributed by atoms with van der Waals surface area (Å²) in [4.78, 5) is 32.4. The molecule has 4 rings (SSSR count). The van der Waals surface area contributed by atoms with E-state index in [1.54, 1.807) is 28.9 Å². The van der Waals surface area contributed by atoms with Gasteiger partial charge < -0.3 is 10.2 Å². The highest BCUT2D eigenvalue weighted by Crippen LogP contribution is 2.41. The number of carbonyl (C=O) groups excluding carboxylic acids is 2. The van der Waals surface area contributed by atoms with E-state index in [0.29, 0.717) is 23.8 Å². The second-order valence-corrected chi connectivity index (χ2v) is 9.05. The van der Waals surface area contributed by atoms with E-state index in [1.807, 2.05) is 18.2 Å². The molecule has 2 aliphatic rings.